The van der Waals surface area contributed by atoms with E-state index in [9.17, 15) is 9.90 Å². The molecular formula is C12H24N2O2. The monoisotopic (exact) mass is 228 g/mol. The lowest BCUT2D eigenvalue weighted by Gasteiger charge is -2.27. The molecule has 0 aromatic carbocycles. The van der Waals surface area contributed by atoms with Crippen LogP contribution in [0.25, 0.3) is 0 Å². The van der Waals surface area contributed by atoms with E-state index in [4.69, 9.17) is 0 Å². The molecule has 1 saturated heterocycles. The molecule has 0 aromatic rings. The first kappa shape index (κ1) is 13.5. The van der Waals surface area contributed by atoms with E-state index in [0.717, 1.165) is 25.9 Å². The first-order valence-electron chi connectivity index (χ1n) is 6.22. The maximum absolute atomic E-state index is 11.7. The molecule has 1 amide bonds. The molecule has 0 spiro atoms. The lowest BCUT2D eigenvalue weighted by atomic mass is 9.98. The van der Waals surface area contributed by atoms with E-state index in [-0.39, 0.29) is 12.5 Å². The van der Waals surface area contributed by atoms with Gasteiger partial charge in [0.1, 0.15) is 0 Å². The molecule has 0 saturated carbocycles. The zero-order valence-corrected chi connectivity index (χ0v) is 10.4. The van der Waals surface area contributed by atoms with Crippen LogP contribution in [0, 0.1) is 5.92 Å². The first-order chi connectivity index (χ1) is 7.59. The Morgan fingerprint density at radius 3 is 2.88 bits per heavy atom. The second-order valence-corrected chi connectivity index (χ2v) is 5.02. The fourth-order valence-corrected chi connectivity index (χ4v) is 1.93. The van der Waals surface area contributed by atoms with Gasteiger partial charge in [0.05, 0.1) is 12.1 Å². The molecule has 0 aliphatic carbocycles. The molecule has 2 unspecified atom stereocenters. The van der Waals surface area contributed by atoms with E-state index >= 15 is 0 Å². The molecular weight excluding hydrogens is 204 g/mol. The highest BCUT2D eigenvalue weighted by molar-refractivity contribution is 5.76. The Labute approximate surface area is 97.8 Å². The van der Waals surface area contributed by atoms with E-state index in [2.05, 4.69) is 10.6 Å². The van der Waals surface area contributed by atoms with Crippen molar-refractivity contribution in [2.45, 2.75) is 45.1 Å². The predicted octanol–water partition coefficient (Wildman–Crippen LogP) is 0.653. The molecule has 1 fully saturated rings. The molecule has 1 aliphatic rings. The Morgan fingerprint density at radius 1 is 1.62 bits per heavy atom. The van der Waals surface area contributed by atoms with Crippen LogP contribution in [0.2, 0.25) is 0 Å². The minimum absolute atomic E-state index is 0.000222. The standard InChI is InChI=1S/C12H24N2O2/c1-3-12(2,9-15)14-11(16)5-4-10-6-7-13-8-10/h10,13,15H,3-9H2,1-2H3,(H,14,16). The third-order valence-electron chi connectivity index (χ3n) is 3.51. The number of hydrogen-bond acceptors (Lipinski definition) is 3. The summed E-state index contributed by atoms with van der Waals surface area (Å²) >= 11 is 0. The van der Waals surface area contributed by atoms with Gasteiger partial charge in [0.2, 0.25) is 5.91 Å². The van der Waals surface area contributed by atoms with Crippen molar-refractivity contribution in [3.63, 3.8) is 0 Å². The van der Waals surface area contributed by atoms with E-state index in [1.807, 2.05) is 13.8 Å². The summed E-state index contributed by atoms with van der Waals surface area (Å²) in [6, 6.07) is 0. The van der Waals surface area contributed by atoms with Crippen LogP contribution in [0.15, 0.2) is 0 Å². The van der Waals surface area contributed by atoms with E-state index in [1.165, 1.54) is 6.42 Å². The summed E-state index contributed by atoms with van der Waals surface area (Å²) < 4.78 is 0. The first-order valence-corrected chi connectivity index (χ1v) is 6.22. The summed E-state index contributed by atoms with van der Waals surface area (Å²) in [6.07, 6.45) is 3.45. The normalized spacial score (nSPS) is 24.1. The van der Waals surface area contributed by atoms with Gasteiger partial charge < -0.3 is 15.7 Å². The molecule has 0 radical (unpaired) electrons. The second kappa shape index (κ2) is 6.21. The second-order valence-electron chi connectivity index (χ2n) is 5.02. The Kier molecular flexibility index (Phi) is 5.22. The largest absolute Gasteiger partial charge is 0.394 e. The molecule has 16 heavy (non-hydrogen) atoms. The fourth-order valence-electron chi connectivity index (χ4n) is 1.93. The average Bonchev–Trinajstić information content (AvgIpc) is 2.79. The van der Waals surface area contributed by atoms with Crippen LogP contribution in [0.4, 0.5) is 0 Å². The molecule has 1 heterocycles. The Hall–Kier alpha value is -0.610. The molecule has 4 heteroatoms. The van der Waals surface area contributed by atoms with Crippen molar-refractivity contribution in [1.29, 1.82) is 0 Å². The zero-order valence-electron chi connectivity index (χ0n) is 10.4. The maximum atomic E-state index is 11.7. The van der Waals surface area contributed by atoms with E-state index in [0.29, 0.717) is 12.3 Å². The number of rotatable bonds is 6. The molecule has 0 bridgehead atoms. The summed E-state index contributed by atoms with van der Waals surface area (Å²) in [5, 5.41) is 15.4. The van der Waals surface area contributed by atoms with Crippen molar-refractivity contribution in [3.05, 3.63) is 0 Å². The van der Waals surface area contributed by atoms with Gasteiger partial charge in [-0.3, -0.25) is 4.79 Å². The number of carbonyl (C=O) groups excluding carboxylic acids is 1. The van der Waals surface area contributed by atoms with Crippen molar-refractivity contribution in [1.82, 2.24) is 10.6 Å². The number of aliphatic hydroxyl groups is 1. The summed E-state index contributed by atoms with van der Waals surface area (Å²) in [7, 11) is 0. The molecule has 4 nitrogen and oxygen atoms in total. The molecule has 3 N–H and O–H groups in total. The minimum Gasteiger partial charge on any atom is -0.394 e. The van der Waals surface area contributed by atoms with Gasteiger partial charge in [0, 0.05) is 6.42 Å². The van der Waals surface area contributed by atoms with Crippen LogP contribution in [0.5, 0.6) is 0 Å². The lowest BCUT2D eigenvalue weighted by Crippen LogP contribution is -2.48. The highest BCUT2D eigenvalue weighted by Gasteiger charge is 2.23. The topological polar surface area (TPSA) is 61.4 Å². The molecule has 94 valence electrons. The SMILES string of the molecule is CCC(C)(CO)NC(=O)CCC1CCNC1. The number of hydrogen-bond donors (Lipinski definition) is 3. The van der Waals surface area contributed by atoms with Crippen LogP contribution < -0.4 is 10.6 Å². The zero-order chi connectivity index (χ0) is 12.0. The molecule has 1 aliphatic heterocycles. The average molecular weight is 228 g/mol. The summed E-state index contributed by atoms with van der Waals surface area (Å²) in [4.78, 5) is 11.7. The van der Waals surface area contributed by atoms with Crippen molar-refractivity contribution in [2.24, 2.45) is 5.92 Å². The van der Waals surface area contributed by atoms with Gasteiger partial charge >= 0.3 is 0 Å². The Morgan fingerprint density at radius 2 is 2.38 bits per heavy atom. The van der Waals surface area contributed by atoms with Gasteiger partial charge in [0.15, 0.2) is 0 Å². The van der Waals surface area contributed by atoms with Crippen LogP contribution in [-0.4, -0.2) is 36.2 Å². The van der Waals surface area contributed by atoms with Gasteiger partial charge in [-0.15, -0.1) is 0 Å². The third-order valence-corrected chi connectivity index (χ3v) is 3.51. The van der Waals surface area contributed by atoms with Gasteiger partial charge in [-0.1, -0.05) is 6.92 Å². The number of nitrogens with one attached hydrogen (secondary N) is 2. The third kappa shape index (κ3) is 4.10. The summed E-state index contributed by atoms with van der Waals surface area (Å²) in [6.45, 7) is 5.97. The highest BCUT2D eigenvalue weighted by atomic mass is 16.3. The van der Waals surface area contributed by atoms with E-state index in [1.54, 1.807) is 0 Å². The van der Waals surface area contributed by atoms with Crippen LogP contribution in [-0.2, 0) is 4.79 Å². The van der Waals surface area contributed by atoms with Crippen molar-refractivity contribution < 1.29 is 9.90 Å². The van der Waals surface area contributed by atoms with Crippen LogP contribution >= 0.6 is 0 Å². The minimum atomic E-state index is -0.453. The fraction of sp³-hybridized carbons (Fsp3) is 0.917. The quantitative estimate of drug-likeness (QED) is 0.625. The molecule has 2 atom stereocenters. The lowest BCUT2D eigenvalue weighted by molar-refractivity contribution is -0.123. The number of carbonyl (C=O) groups is 1. The highest BCUT2D eigenvalue weighted by Crippen LogP contribution is 2.15. The predicted molar refractivity (Wildman–Crippen MR) is 64.1 cm³/mol. The molecule has 0 aromatic heterocycles. The van der Waals surface area contributed by atoms with Crippen molar-refractivity contribution >= 4 is 5.91 Å². The van der Waals surface area contributed by atoms with Gasteiger partial charge in [-0.25, -0.2) is 0 Å². The maximum Gasteiger partial charge on any atom is 0.220 e. The van der Waals surface area contributed by atoms with Gasteiger partial charge in [-0.05, 0) is 45.2 Å². The number of aliphatic hydroxyl groups excluding tert-OH is 1. The summed E-state index contributed by atoms with van der Waals surface area (Å²) in [5.74, 6) is 0.707. The van der Waals surface area contributed by atoms with Crippen LogP contribution in [0.3, 0.4) is 0 Å². The van der Waals surface area contributed by atoms with Crippen molar-refractivity contribution in [2.75, 3.05) is 19.7 Å². The van der Waals surface area contributed by atoms with Crippen LogP contribution in [0.1, 0.15) is 39.5 Å². The Balaban J connectivity index is 2.24. The van der Waals surface area contributed by atoms with Gasteiger partial charge in [0.25, 0.3) is 0 Å². The van der Waals surface area contributed by atoms with Crippen molar-refractivity contribution in [3.8, 4) is 0 Å². The Bertz CT molecular complexity index is 221. The van der Waals surface area contributed by atoms with Gasteiger partial charge in [-0.2, -0.15) is 0 Å². The number of amides is 1. The summed E-state index contributed by atoms with van der Waals surface area (Å²) in [5.41, 5.74) is -0.453. The smallest absolute Gasteiger partial charge is 0.220 e. The van der Waals surface area contributed by atoms with E-state index < -0.39 is 5.54 Å². The molecule has 1 rings (SSSR count).